The van der Waals surface area contributed by atoms with Crippen molar-refractivity contribution in [1.29, 1.82) is 0 Å². The molecule has 0 saturated carbocycles. The average Bonchev–Trinajstić information content (AvgIpc) is 2.95. The molecule has 1 aliphatic rings. The molecule has 0 amide bonds. The van der Waals surface area contributed by atoms with Gasteiger partial charge >= 0.3 is 0 Å². The molecule has 3 aromatic rings. The Morgan fingerprint density at radius 1 is 1.10 bits per heavy atom. The van der Waals surface area contributed by atoms with Crippen molar-refractivity contribution in [2.45, 2.75) is 6.42 Å². The molecule has 0 radical (unpaired) electrons. The summed E-state index contributed by atoms with van der Waals surface area (Å²) in [4.78, 5) is 8.75. The van der Waals surface area contributed by atoms with Crippen LogP contribution in [0.5, 0.6) is 5.75 Å². The average molecular weight is 301 g/mol. The molecule has 0 bridgehead atoms. The number of aromatic nitrogens is 2. The summed E-state index contributed by atoms with van der Waals surface area (Å²) < 4.78 is 18.8. The lowest BCUT2D eigenvalue weighted by atomic mass is 10.1. The summed E-state index contributed by atoms with van der Waals surface area (Å²) in [7, 11) is 0. The van der Waals surface area contributed by atoms with Crippen LogP contribution in [-0.4, -0.2) is 16.6 Å². The monoisotopic (exact) mass is 300 g/mol. The third-order valence-corrected chi connectivity index (χ3v) is 3.85. The number of fused-ring (bicyclic) bond motifs is 2. The first-order valence-electron chi connectivity index (χ1n) is 6.59. The zero-order valence-corrected chi connectivity index (χ0v) is 11.7. The minimum atomic E-state index is -0.351. The third-order valence-electron chi connectivity index (χ3n) is 3.56. The Bertz CT molecular complexity index is 866. The van der Waals surface area contributed by atoms with Crippen molar-refractivity contribution in [2.24, 2.45) is 0 Å². The molecule has 0 N–H and O–H groups in total. The predicted molar refractivity (Wildman–Crippen MR) is 79.1 cm³/mol. The van der Waals surface area contributed by atoms with Crippen LogP contribution < -0.4 is 4.74 Å². The highest BCUT2D eigenvalue weighted by molar-refractivity contribution is 6.34. The van der Waals surface area contributed by atoms with Crippen LogP contribution in [0.1, 0.15) is 5.56 Å². The summed E-state index contributed by atoms with van der Waals surface area (Å²) in [6.07, 6.45) is 0.885. The van der Waals surface area contributed by atoms with E-state index in [1.54, 1.807) is 6.07 Å². The van der Waals surface area contributed by atoms with Gasteiger partial charge < -0.3 is 4.74 Å². The second-order valence-electron chi connectivity index (χ2n) is 4.92. The molecule has 1 aromatic heterocycles. The molecule has 4 rings (SSSR count). The van der Waals surface area contributed by atoms with Gasteiger partial charge in [0.2, 0.25) is 0 Å². The fourth-order valence-electron chi connectivity index (χ4n) is 2.52. The lowest BCUT2D eigenvalue weighted by molar-refractivity contribution is 0.357. The molecule has 2 aromatic carbocycles. The molecule has 0 atom stereocenters. The normalized spacial score (nSPS) is 13.2. The quantitative estimate of drug-likeness (QED) is 0.637. The van der Waals surface area contributed by atoms with E-state index in [2.05, 4.69) is 9.97 Å². The Morgan fingerprint density at radius 3 is 2.90 bits per heavy atom. The molecule has 0 saturated heterocycles. The van der Waals surface area contributed by atoms with Crippen molar-refractivity contribution in [3.63, 3.8) is 0 Å². The van der Waals surface area contributed by atoms with E-state index in [0.717, 1.165) is 23.3 Å². The first-order valence-corrected chi connectivity index (χ1v) is 6.97. The lowest BCUT2D eigenvalue weighted by Gasteiger charge is -2.06. The van der Waals surface area contributed by atoms with Gasteiger partial charge in [-0.25, -0.2) is 14.4 Å². The molecular weight excluding hydrogens is 291 g/mol. The van der Waals surface area contributed by atoms with Crippen molar-refractivity contribution in [2.75, 3.05) is 6.61 Å². The van der Waals surface area contributed by atoms with Crippen LogP contribution in [0.3, 0.4) is 0 Å². The van der Waals surface area contributed by atoms with Gasteiger partial charge in [-0.2, -0.15) is 0 Å². The maximum atomic E-state index is 13.3. The van der Waals surface area contributed by atoms with E-state index in [1.165, 1.54) is 12.1 Å². The zero-order valence-electron chi connectivity index (χ0n) is 10.9. The van der Waals surface area contributed by atoms with Crippen molar-refractivity contribution >= 4 is 22.5 Å². The van der Waals surface area contributed by atoms with Gasteiger partial charge in [0.05, 0.1) is 12.1 Å². The third kappa shape index (κ3) is 2.12. The van der Waals surface area contributed by atoms with E-state index in [1.807, 2.05) is 18.2 Å². The van der Waals surface area contributed by atoms with Crippen LogP contribution in [0.4, 0.5) is 4.39 Å². The number of halogens is 2. The number of nitrogens with zero attached hydrogens (tertiary/aromatic N) is 2. The van der Waals surface area contributed by atoms with E-state index in [-0.39, 0.29) is 11.0 Å². The van der Waals surface area contributed by atoms with Crippen LogP contribution >= 0.6 is 11.6 Å². The van der Waals surface area contributed by atoms with Crippen LogP contribution in [0, 0.1) is 5.82 Å². The number of hydrogen-bond donors (Lipinski definition) is 0. The summed E-state index contributed by atoms with van der Waals surface area (Å²) >= 11 is 6.16. The van der Waals surface area contributed by atoms with Crippen molar-refractivity contribution < 1.29 is 9.13 Å². The van der Waals surface area contributed by atoms with E-state index in [9.17, 15) is 4.39 Å². The standard InChI is InChI=1S/C16H10ClFN2O/c17-15-12-8-11(18)2-3-13(12)19-16(20-15)10-1-4-14-9(7-10)5-6-21-14/h1-4,7-8H,5-6H2. The van der Waals surface area contributed by atoms with Gasteiger partial charge in [-0.3, -0.25) is 0 Å². The van der Waals surface area contributed by atoms with Crippen molar-refractivity contribution in [3.05, 3.63) is 52.9 Å². The first-order chi connectivity index (χ1) is 10.2. The smallest absolute Gasteiger partial charge is 0.161 e. The molecule has 0 fully saturated rings. The molecule has 104 valence electrons. The molecule has 0 aliphatic carbocycles. The lowest BCUT2D eigenvalue weighted by Crippen LogP contribution is -1.93. The molecule has 0 spiro atoms. The zero-order chi connectivity index (χ0) is 14.4. The number of ether oxygens (including phenoxy) is 1. The summed E-state index contributed by atoms with van der Waals surface area (Å²) in [5.74, 6) is 1.09. The largest absolute Gasteiger partial charge is 0.493 e. The van der Waals surface area contributed by atoms with Gasteiger partial charge in [0.25, 0.3) is 0 Å². The minimum Gasteiger partial charge on any atom is -0.493 e. The van der Waals surface area contributed by atoms with Gasteiger partial charge in [0.1, 0.15) is 16.7 Å². The highest BCUT2D eigenvalue weighted by Crippen LogP contribution is 2.31. The van der Waals surface area contributed by atoms with Crippen molar-refractivity contribution in [3.8, 4) is 17.1 Å². The first kappa shape index (κ1) is 12.5. The van der Waals surface area contributed by atoms with Gasteiger partial charge in [0.15, 0.2) is 5.82 Å². The maximum absolute atomic E-state index is 13.3. The SMILES string of the molecule is Fc1ccc2nc(-c3ccc4c(c3)CCO4)nc(Cl)c2c1. The summed E-state index contributed by atoms with van der Waals surface area (Å²) in [5, 5.41) is 0.774. The topological polar surface area (TPSA) is 35.0 Å². The van der Waals surface area contributed by atoms with Crippen LogP contribution in [0.15, 0.2) is 36.4 Å². The van der Waals surface area contributed by atoms with Gasteiger partial charge in [0, 0.05) is 17.4 Å². The summed E-state index contributed by atoms with van der Waals surface area (Å²) in [5.41, 5.74) is 2.65. The maximum Gasteiger partial charge on any atom is 0.161 e. The predicted octanol–water partition coefficient (Wildman–Crippen LogP) is 4.02. The second kappa shape index (κ2) is 4.67. The fourth-order valence-corrected chi connectivity index (χ4v) is 2.75. The molecule has 3 nitrogen and oxygen atoms in total. The molecule has 1 aliphatic heterocycles. The van der Waals surface area contributed by atoms with Gasteiger partial charge in [-0.05, 0) is 42.0 Å². The van der Waals surface area contributed by atoms with Gasteiger partial charge in [-0.15, -0.1) is 0 Å². The number of benzene rings is 2. The second-order valence-corrected chi connectivity index (χ2v) is 5.28. The van der Waals surface area contributed by atoms with E-state index in [0.29, 0.717) is 23.3 Å². The molecule has 0 unspecified atom stereocenters. The highest BCUT2D eigenvalue weighted by atomic mass is 35.5. The number of hydrogen-bond acceptors (Lipinski definition) is 3. The fraction of sp³-hybridized carbons (Fsp3) is 0.125. The molecule has 2 heterocycles. The Hall–Kier alpha value is -2.20. The molecule has 5 heteroatoms. The highest BCUT2D eigenvalue weighted by Gasteiger charge is 2.15. The minimum absolute atomic E-state index is 0.256. The Kier molecular flexibility index (Phi) is 2.79. The molecule has 21 heavy (non-hydrogen) atoms. The van der Waals surface area contributed by atoms with E-state index < -0.39 is 0 Å². The van der Waals surface area contributed by atoms with Crippen LogP contribution in [0.2, 0.25) is 5.15 Å². The molecular formula is C16H10ClFN2O. The van der Waals surface area contributed by atoms with Gasteiger partial charge in [-0.1, -0.05) is 11.6 Å². The summed E-state index contributed by atoms with van der Waals surface area (Å²) in [6, 6.07) is 10.2. The van der Waals surface area contributed by atoms with Crippen molar-refractivity contribution in [1.82, 2.24) is 9.97 Å². The van der Waals surface area contributed by atoms with Crippen LogP contribution in [0.25, 0.3) is 22.3 Å². The Labute approximate surface area is 125 Å². The van der Waals surface area contributed by atoms with E-state index in [4.69, 9.17) is 16.3 Å². The summed E-state index contributed by atoms with van der Waals surface area (Å²) in [6.45, 7) is 0.706. The Balaban J connectivity index is 1.89. The van der Waals surface area contributed by atoms with E-state index >= 15 is 0 Å². The number of rotatable bonds is 1. The van der Waals surface area contributed by atoms with Crippen LogP contribution in [-0.2, 0) is 6.42 Å². The Morgan fingerprint density at radius 2 is 2.00 bits per heavy atom.